The van der Waals surface area contributed by atoms with Crippen LogP contribution in [0.25, 0.3) is 0 Å². The van der Waals surface area contributed by atoms with E-state index in [1.54, 1.807) is 12.1 Å². The highest BCUT2D eigenvalue weighted by molar-refractivity contribution is 7.97. The molecule has 96 valence electrons. The van der Waals surface area contributed by atoms with Crippen LogP contribution < -0.4 is 4.72 Å². The molecule has 0 amide bonds. The third-order valence-electron chi connectivity index (χ3n) is 2.47. The summed E-state index contributed by atoms with van der Waals surface area (Å²) in [5.41, 5.74) is 0.551. The average molecular weight is 267 g/mol. The van der Waals surface area contributed by atoms with Crippen molar-refractivity contribution in [3.63, 3.8) is 0 Å². The summed E-state index contributed by atoms with van der Waals surface area (Å²) < 4.78 is 12.5. The lowest BCUT2D eigenvalue weighted by atomic mass is 10.0. The van der Waals surface area contributed by atoms with E-state index in [2.05, 4.69) is 4.72 Å². The van der Waals surface area contributed by atoms with Crippen LogP contribution >= 0.6 is 11.9 Å². The third kappa shape index (κ3) is 2.72. The van der Waals surface area contributed by atoms with Gasteiger partial charge in [-0.05, 0) is 18.0 Å². The number of nitrogens with one attached hydrogen (secondary N) is 1. The van der Waals surface area contributed by atoms with Gasteiger partial charge in [-0.2, -0.15) is 0 Å². The predicted molar refractivity (Wildman–Crippen MR) is 66.4 cm³/mol. The zero-order chi connectivity index (χ0) is 13.0. The topological polar surface area (TPSA) is 64.6 Å². The molecule has 0 aliphatic carbocycles. The Labute approximate surface area is 109 Å². The minimum absolute atomic E-state index is 0.146. The van der Waals surface area contributed by atoms with Gasteiger partial charge in [0, 0.05) is 17.6 Å². The number of hydrogen-bond donors (Lipinski definition) is 1. The lowest BCUT2D eigenvalue weighted by Gasteiger charge is -2.22. The van der Waals surface area contributed by atoms with Crippen molar-refractivity contribution in [2.45, 2.75) is 10.9 Å². The molecule has 1 N–H and O–H groups in total. The molecular formula is C12H13NO4S. The average Bonchev–Trinajstić information content (AvgIpc) is 2.39. The summed E-state index contributed by atoms with van der Waals surface area (Å²) in [5, 5.41) is 0. The molecule has 5 nitrogen and oxygen atoms in total. The molecule has 0 bridgehead atoms. The number of carbonyl (C=O) groups is 2. The van der Waals surface area contributed by atoms with Crippen molar-refractivity contribution in [3.05, 3.63) is 29.8 Å². The second-order valence-electron chi connectivity index (χ2n) is 3.67. The van der Waals surface area contributed by atoms with Gasteiger partial charge in [0.15, 0.2) is 11.8 Å². The maximum Gasteiger partial charge on any atom is 0.332 e. The number of carbonyl (C=O) groups excluding carboxylic acids is 2. The molecule has 0 aromatic heterocycles. The molecule has 1 atom stereocenters. The molecule has 1 aromatic carbocycles. The number of rotatable bonds is 4. The Morgan fingerprint density at radius 2 is 2.17 bits per heavy atom. The Balaban J connectivity index is 2.05. The second kappa shape index (κ2) is 5.99. The van der Waals surface area contributed by atoms with Gasteiger partial charge in [-0.1, -0.05) is 18.2 Å². The molecule has 0 saturated carbocycles. The van der Waals surface area contributed by atoms with Crippen molar-refractivity contribution in [2.75, 3.05) is 20.3 Å². The van der Waals surface area contributed by atoms with E-state index in [9.17, 15) is 9.59 Å². The molecule has 18 heavy (non-hydrogen) atoms. The van der Waals surface area contributed by atoms with Crippen LogP contribution in [-0.2, 0) is 14.3 Å². The van der Waals surface area contributed by atoms with Gasteiger partial charge in [-0.3, -0.25) is 4.79 Å². The quantitative estimate of drug-likeness (QED) is 0.380. The first-order valence-corrected chi connectivity index (χ1v) is 6.27. The molecule has 0 saturated heterocycles. The first kappa shape index (κ1) is 13.1. The molecule has 6 heteroatoms. The number of ketones is 1. The smallest absolute Gasteiger partial charge is 0.332 e. The van der Waals surface area contributed by atoms with Gasteiger partial charge in [0.05, 0.1) is 6.61 Å². The molecule has 0 fully saturated rings. The lowest BCUT2D eigenvalue weighted by molar-refractivity contribution is -0.145. The summed E-state index contributed by atoms with van der Waals surface area (Å²) in [4.78, 5) is 24.6. The summed E-state index contributed by atoms with van der Waals surface area (Å²) in [7, 11) is 1.52. The van der Waals surface area contributed by atoms with E-state index in [0.717, 1.165) is 4.90 Å². The molecule has 0 radical (unpaired) electrons. The van der Waals surface area contributed by atoms with E-state index < -0.39 is 12.0 Å². The number of hydrogen-bond acceptors (Lipinski definition) is 6. The summed E-state index contributed by atoms with van der Waals surface area (Å²) in [6.07, 6.45) is 0. The van der Waals surface area contributed by atoms with Crippen molar-refractivity contribution in [1.29, 1.82) is 0 Å². The molecule has 2 rings (SSSR count). The normalized spacial score (nSPS) is 18.3. The Morgan fingerprint density at radius 3 is 2.94 bits per heavy atom. The SMILES string of the molecule is COCCOC(=O)C1NSc2ccccc2C1=O. The Morgan fingerprint density at radius 1 is 1.39 bits per heavy atom. The minimum atomic E-state index is -0.943. The molecule has 1 aliphatic heterocycles. The van der Waals surface area contributed by atoms with E-state index in [-0.39, 0.29) is 12.4 Å². The van der Waals surface area contributed by atoms with Crippen LogP contribution in [0.1, 0.15) is 10.4 Å². The highest BCUT2D eigenvalue weighted by Crippen LogP contribution is 2.27. The van der Waals surface area contributed by atoms with E-state index in [1.807, 2.05) is 12.1 Å². The van der Waals surface area contributed by atoms with Gasteiger partial charge < -0.3 is 9.47 Å². The summed E-state index contributed by atoms with van der Waals surface area (Å²) in [6, 6.07) is 6.22. The van der Waals surface area contributed by atoms with Crippen LogP contribution in [0.4, 0.5) is 0 Å². The summed E-state index contributed by atoms with van der Waals surface area (Å²) in [6.45, 7) is 0.462. The van der Waals surface area contributed by atoms with Crippen molar-refractivity contribution in [2.24, 2.45) is 0 Å². The summed E-state index contributed by atoms with van der Waals surface area (Å²) >= 11 is 1.27. The van der Waals surface area contributed by atoms with Crippen LogP contribution in [0.3, 0.4) is 0 Å². The van der Waals surface area contributed by atoms with Gasteiger partial charge in [-0.25, -0.2) is 9.52 Å². The highest BCUT2D eigenvalue weighted by Gasteiger charge is 2.34. The first-order chi connectivity index (χ1) is 8.74. The van der Waals surface area contributed by atoms with Gasteiger partial charge in [0.25, 0.3) is 0 Å². The van der Waals surface area contributed by atoms with E-state index in [0.29, 0.717) is 12.2 Å². The van der Waals surface area contributed by atoms with Crippen molar-refractivity contribution >= 4 is 23.7 Å². The maximum atomic E-state index is 12.1. The van der Waals surface area contributed by atoms with E-state index >= 15 is 0 Å². The van der Waals surface area contributed by atoms with E-state index in [4.69, 9.17) is 9.47 Å². The van der Waals surface area contributed by atoms with Crippen molar-refractivity contribution < 1.29 is 19.1 Å². The zero-order valence-corrected chi connectivity index (χ0v) is 10.7. The Kier molecular flexibility index (Phi) is 4.35. The lowest BCUT2D eigenvalue weighted by Crippen LogP contribution is -2.44. The molecule has 0 spiro atoms. The van der Waals surface area contributed by atoms with Crippen molar-refractivity contribution in [1.82, 2.24) is 4.72 Å². The fourth-order valence-electron chi connectivity index (χ4n) is 1.55. The first-order valence-electron chi connectivity index (χ1n) is 5.45. The second-order valence-corrected chi connectivity index (χ2v) is 4.55. The molecule has 1 aromatic rings. The number of methoxy groups -OCH3 is 1. The largest absolute Gasteiger partial charge is 0.462 e. The van der Waals surface area contributed by atoms with Gasteiger partial charge in [-0.15, -0.1) is 0 Å². The van der Waals surface area contributed by atoms with Gasteiger partial charge in [0.2, 0.25) is 0 Å². The van der Waals surface area contributed by atoms with Crippen LogP contribution in [0.15, 0.2) is 29.2 Å². The van der Waals surface area contributed by atoms with Gasteiger partial charge in [0.1, 0.15) is 6.61 Å². The van der Waals surface area contributed by atoms with Crippen molar-refractivity contribution in [3.8, 4) is 0 Å². The van der Waals surface area contributed by atoms with Crippen LogP contribution in [-0.4, -0.2) is 38.1 Å². The Hall–Kier alpha value is -1.37. The van der Waals surface area contributed by atoms with E-state index in [1.165, 1.54) is 19.1 Å². The highest BCUT2D eigenvalue weighted by atomic mass is 32.2. The number of Topliss-reactive ketones (excluding diaryl/α,β-unsaturated/α-hetero) is 1. The number of benzene rings is 1. The monoisotopic (exact) mass is 267 g/mol. The molecule has 1 aliphatic rings. The van der Waals surface area contributed by atoms with Gasteiger partial charge >= 0.3 is 5.97 Å². The fraction of sp³-hybridized carbons (Fsp3) is 0.333. The Bertz CT molecular complexity index is 463. The standard InChI is InChI=1S/C12H13NO4S/c1-16-6-7-17-12(15)10-11(14)8-4-2-3-5-9(8)18-13-10/h2-5,10,13H,6-7H2,1H3. The predicted octanol–water partition coefficient (Wildman–Crippen LogP) is 1.04. The van der Waals surface area contributed by atoms with Crippen LogP contribution in [0.2, 0.25) is 0 Å². The fourth-order valence-corrected chi connectivity index (χ4v) is 2.43. The maximum absolute atomic E-state index is 12.1. The molecular weight excluding hydrogens is 254 g/mol. The number of ether oxygens (including phenoxy) is 2. The van der Waals surface area contributed by atoms with Crippen LogP contribution in [0, 0.1) is 0 Å². The number of esters is 1. The number of fused-ring (bicyclic) bond motifs is 1. The summed E-state index contributed by atoms with van der Waals surface area (Å²) in [5.74, 6) is -0.828. The van der Waals surface area contributed by atoms with Crippen LogP contribution in [0.5, 0.6) is 0 Å². The minimum Gasteiger partial charge on any atom is -0.462 e. The molecule has 1 unspecified atom stereocenters. The molecule has 1 heterocycles. The third-order valence-corrected chi connectivity index (χ3v) is 3.40. The zero-order valence-electron chi connectivity index (χ0n) is 9.84.